The SMILES string of the molecule is CC1(C)c2cc(-c3nc(-c4ccccc4)nc(-c4ccccc4)n3)ccc2-c2c1c1c3ccccc3c3ccccc3c1c1ccccc21.CC1(C)c2cc(B3OC(C)(C)C(C)(C)O3)ccc2-c2c1c1c3ccccc3c3ccccc3c1c1ccccc21.Clc1nc(-c2ccccc2)nc(-c2ccccc2)n1. The molecule has 0 saturated carbocycles. The van der Waals surface area contributed by atoms with E-state index in [0.717, 1.165) is 33.3 Å². The maximum absolute atomic E-state index is 6.48. The smallest absolute Gasteiger partial charge is 0.399 e. The molecule has 0 unspecified atom stereocenters. The summed E-state index contributed by atoms with van der Waals surface area (Å²) in [6.07, 6.45) is 0. The van der Waals surface area contributed by atoms with Gasteiger partial charge in [0.15, 0.2) is 29.1 Å². The van der Waals surface area contributed by atoms with E-state index in [-0.39, 0.29) is 34.4 Å². The highest BCUT2D eigenvalue weighted by Gasteiger charge is 2.52. The van der Waals surface area contributed by atoms with E-state index in [0.29, 0.717) is 29.1 Å². The van der Waals surface area contributed by atoms with Crippen LogP contribution in [0.4, 0.5) is 0 Å². The van der Waals surface area contributed by atoms with Gasteiger partial charge in [-0.2, -0.15) is 9.97 Å². The van der Waals surface area contributed by atoms with Gasteiger partial charge in [-0.15, -0.1) is 0 Å². The fourth-order valence-electron chi connectivity index (χ4n) is 17.4. The van der Waals surface area contributed by atoms with Gasteiger partial charge in [-0.25, -0.2) is 19.9 Å². The van der Waals surface area contributed by atoms with Crippen molar-refractivity contribution >= 4 is 110 Å². The largest absolute Gasteiger partial charge is 0.494 e. The third-order valence-corrected chi connectivity index (χ3v) is 23.3. The Bertz CT molecular complexity index is 6580. The van der Waals surface area contributed by atoms with Crippen LogP contribution in [0.3, 0.4) is 0 Å². The molecule has 1 fully saturated rings. The van der Waals surface area contributed by atoms with Crippen LogP contribution in [-0.2, 0) is 20.1 Å². The molecule has 1 saturated heterocycles. The molecular formula is C98H74BClN6O2. The van der Waals surface area contributed by atoms with Gasteiger partial charge < -0.3 is 9.31 Å². The zero-order valence-corrected chi connectivity index (χ0v) is 62.1. The van der Waals surface area contributed by atoms with E-state index in [4.69, 9.17) is 35.9 Å². The van der Waals surface area contributed by atoms with E-state index in [9.17, 15) is 0 Å². The predicted octanol–water partition coefficient (Wildman–Crippen LogP) is 24.6. The van der Waals surface area contributed by atoms with Crippen LogP contribution >= 0.6 is 11.6 Å². The van der Waals surface area contributed by atoms with Crippen LogP contribution in [0.5, 0.6) is 0 Å². The summed E-state index contributed by atoms with van der Waals surface area (Å²) in [5.74, 6) is 3.18. The van der Waals surface area contributed by atoms with Crippen LogP contribution in [0.2, 0.25) is 5.28 Å². The minimum atomic E-state index is -0.381. The monoisotopic (exact) mass is 1410 g/mol. The Morgan fingerprint density at radius 1 is 0.259 bits per heavy atom. The molecular weight excluding hydrogens is 1340 g/mol. The molecule has 0 atom stereocenters. The zero-order valence-electron chi connectivity index (χ0n) is 61.3. The molecule has 3 aliphatic rings. The molecule has 18 aromatic rings. The van der Waals surface area contributed by atoms with Gasteiger partial charge in [-0.3, -0.25) is 0 Å². The molecule has 0 amide bonds. The molecule has 2 aliphatic carbocycles. The topological polar surface area (TPSA) is 95.8 Å². The van der Waals surface area contributed by atoms with Crippen molar-refractivity contribution in [2.45, 2.75) is 77.4 Å². The predicted molar refractivity (Wildman–Crippen MR) is 449 cm³/mol. The quantitative estimate of drug-likeness (QED) is 0.120. The molecule has 8 nitrogen and oxygen atoms in total. The van der Waals surface area contributed by atoms with E-state index in [1.807, 2.05) is 97.1 Å². The Morgan fingerprint density at radius 2 is 0.528 bits per heavy atom. The number of fused-ring (bicyclic) bond motifs is 26. The van der Waals surface area contributed by atoms with Gasteiger partial charge in [0.05, 0.1) is 11.2 Å². The van der Waals surface area contributed by atoms with Crippen molar-refractivity contribution in [2.75, 3.05) is 0 Å². The molecule has 518 valence electrons. The lowest BCUT2D eigenvalue weighted by Gasteiger charge is -2.32. The number of aromatic nitrogens is 6. The zero-order chi connectivity index (χ0) is 73.4. The summed E-state index contributed by atoms with van der Waals surface area (Å²) < 4.78 is 13.0. The summed E-state index contributed by atoms with van der Waals surface area (Å²) in [4.78, 5) is 27.9. The molecule has 1 aliphatic heterocycles. The Labute approximate surface area is 633 Å². The highest BCUT2D eigenvalue weighted by atomic mass is 35.5. The van der Waals surface area contributed by atoms with Crippen molar-refractivity contribution in [2.24, 2.45) is 0 Å². The number of halogens is 1. The van der Waals surface area contributed by atoms with Crippen LogP contribution in [0.25, 0.3) is 165 Å². The standard InChI is InChI=1S/C46H31N3.C37H33BO2.C15H10ClN3/c1-46(2)38-27-30(45-48-43(28-15-5-3-6-16-28)47-44(49-45)29-17-7-4-8-18-29)25-26-37(38)40-36-24-14-13-23-35(36)39-33-21-11-9-19-31(33)32-20-10-12-22-34(32)41(39)42(40)46;1-35(2)30-21-22(38-39-36(3,4)37(5,6)40-38)19-20-29(30)32-28-18-12-11-17-27(28)31-25-15-9-7-13-23(25)24-14-8-10-16-26(24)33(31)34(32)35;16-15-18-13(11-7-3-1-4-8-11)17-14(19-15)12-9-5-2-6-10-12/h3-27H,1-2H3;7-21H,1-6H3;1-10H. The fourth-order valence-corrected chi connectivity index (χ4v) is 17.5. The molecule has 3 heterocycles. The molecule has 0 radical (unpaired) electrons. The van der Waals surface area contributed by atoms with E-state index in [1.54, 1.807) is 0 Å². The van der Waals surface area contributed by atoms with Crippen molar-refractivity contribution in [1.29, 1.82) is 0 Å². The second kappa shape index (κ2) is 25.6. The molecule has 0 N–H and O–H groups in total. The maximum Gasteiger partial charge on any atom is 0.494 e. The average molecular weight is 1410 g/mol. The highest BCUT2D eigenvalue weighted by molar-refractivity contribution is 6.62. The van der Waals surface area contributed by atoms with E-state index in [1.165, 1.54) is 131 Å². The molecule has 0 bridgehead atoms. The van der Waals surface area contributed by atoms with Gasteiger partial charge in [0.1, 0.15) is 0 Å². The molecule has 10 heteroatoms. The van der Waals surface area contributed by atoms with Gasteiger partial charge in [-0.1, -0.05) is 325 Å². The first-order valence-corrected chi connectivity index (χ1v) is 37.5. The van der Waals surface area contributed by atoms with Crippen LogP contribution in [0.15, 0.2) is 303 Å². The summed E-state index contributed by atoms with van der Waals surface area (Å²) in [5.41, 5.74) is 15.3. The third-order valence-electron chi connectivity index (χ3n) is 23.2. The first-order chi connectivity index (χ1) is 52.5. The Morgan fingerprint density at radius 3 is 0.880 bits per heavy atom. The second-order valence-corrected chi connectivity index (χ2v) is 31.0. The van der Waals surface area contributed by atoms with E-state index < -0.39 is 0 Å². The van der Waals surface area contributed by atoms with E-state index >= 15 is 0 Å². The Balaban J connectivity index is 0.000000120. The summed E-state index contributed by atoms with van der Waals surface area (Å²) in [6.45, 7) is 18.0. The highest BCUT2D eigenvalue weighted by Crippen LogP contribution is 2.59. The average Bonchev–Trinajstić information content (AvgIpc) is 1.48. The van der Waals surface area contributed by atoms with Crippen molar-refractivity contribution in [3.05, 3.63) is 331 Å². The minimum Gasteiger partial charge on any atom is -0.399 e. The summed E-state index contributed by atoms with van der Waals surface area (Å²) >= 11 is 5.99. The van der Waals surface area contributed by atoms with Gasteiger partial charge in [0.25, 0.3) is 0 Å². The second-order valence-electron chi connectivity index (χ2n) is 30.7. The summed E-state index contributed by atoms with van der Waals surface area (Å²) in [6, 6.07) is 107. The van der Waals surface area contributed by atoms with Crippen LogP contribution in [-0.4, -0.2) is 48.2 Å². The minimum absolute atomic E-state index is 0.202. The van der Waals surface area contributed by atoms with Crippen LogP contribution in [0.1, 0.15) is 77.6 Å². The number of benzene rings is 16. The van der Waals surface area contributed by atoms with Crippen molar-refractivity contribution in [3.8, 4) is 79.2 Å². The number of nitrogens with zero attached hydrogens (tertiary/aromatic N) is 6. The lowest BCUT2D eigenvalue weighted by molar-refractivity contribution is 0.00578. The van der Waals surface area contributed by atoms with Gasteiger partial charge in [0.2, 0.25) is 5.28 Å². The van der Waals surface area contributed by atoms with Crippen LogP contribution < -0.4 is 5.46 Å². The molecule has 21 rings (SSSR count). The maximum atomic E-state index is 6.48. The van der Waals surface area contributed by atoms with E-state index in [2.05, 4.69) is 277 Å². The Hall–Kier alpha value is -12.1. The first kappa shape index (κ1) is 66.6. The lowest BCUT2D eigenvalue weighted by Crippen LogP contribution is -2.41. The number of hydrogen-bond donors (Lipinski definition) is 0. The first-order valence-electron chi connectivity index (χ1n) is 37.1. The molecule has 16 aromatic carbocycles. The van der Waals surface area contributed by atoms with Gasteiger partial charge >= 0.3 is 7.12 Å². The number of hydrogen-bond acceptors (Lipinski definition) is 8. The lowest BCUT2D eigenvalue weighted by atomic mass is 9.73. The normalized spacial score (nSPS) is 14.7. The number of rotatable bonds is 6. The van der Waals surface area contributed by atoms with Gasteiger partial charge in [0, 0.05) is 38.6 Å². The molecule has 108 heavy (non-hydrogen) atoms. The van der Waals surface area contributed by atoms with Crippen molar-refractivity contribution in [3.63, 3.8) is 0 Å². The third kappa shape index (κ3) is 10.7. The molecule has 2 aromatic heterocycles. The van der Waals surface area contributed by atoms with Gasteiger partial charge in [-0.05, 0) is 182 Å². The van der Waals surface area contributed by atoms with Crippen LogP contribution in [0, 0.1) is 0 Å². The van der Waals surface area contributed by atoms with Crippen molar-refractivity contribution in [1.82, 2.24) is 29.9 Å². The van der Waals surface area contributed by atoms with Crippen molar-refractivity contribution < 1.29 is 9.31 Å². The fraction of sp³-hybridized carbons (Fsp3) is 0.122. The Kier molecular flexibility index (Phi) is 15.8. The molecule has 0 spiro atoms. The summed E-state index contributed by atoms with van der Waals surface area (Å²) in [5, 5.41) is 21.3. The summed E-state index contributed by atoms with van der Waals surface area (Å²) in [7, 11) is -0.381.